The quantitative estimate of drug-likeness (QED) is 0.166. The average molecular weight is 699 g/mol. The number of hydrogen-bond acceptors (Lipinski definition) is 4. The predicted molar refractivity (Wildman–Crippen MR) is 184 cm³/mol. The van der Waals surface area contributed by atoms with Crippen LogP contribution in [-0.4, -0.2) is 43.8 Å². The van der Waals surface area contributed by atoms with Crippen LogP contribution in [0.25, 0.3) is 0 Å². The van der Waals surface area contributed by atoms with E-state index < -0.39 is 28.5 Å². The van der Waals surface area contributed by atoms with Crippen molar-refractivity contribution in [1.82, 2.24) is 10.2 Å². The van der Waals surface area contributed by atoms with E-state index >= 15 is 0 Å². The molecule has 0 heterocycles. The summed E-state index contributed by atoms with van der Waals surface area (Å²) in [6, 6.07) is 27.8. The van der Waals surface area contributed by atoms with Gasteiger partial charge in [-0.15, -0.1) is 0 Å². The van der Waals surface area contributed by atoms with E-state index in [1.807, 2.05) is 36.4 Å². The molecule has 7 nitrogen and oxygen atoms in total. The zero-order valence-corrected chi connectivity index (χ0v) is 28.1. The molecule has 1 saturated carbocycles. The van der Waals surface area contributed by atoms with Crippen molar-refractivity contribution in [3.8, 4) is 0 Å². The van der Waals surface area contributed by atoms with Crippen molar-refractivity contribution < 1.29 is 18.0 Å². The first-order valence-electron chi connectivity index (χ1n) is 15.0. The van der Waals surface area contributed by atoms with Gasteiger partial charge in [0.25, 0.3) is 10.0 Å². The van der Waals surface area contributed by atoms with Gasteiger partial charge in [0.2, 0.25) is 11.8 Å². The zero-order valence-electron chi connectivity index (χ0n) is 25.0. The van der Waals surface area contributed by atoms with Crippen LogP contribution in [0.4, 0.5) is 5.69 Å². The second-order valence-electron chi connectivity index (χ2n) is 11.3. The van der Waals surface area contributed by atoms with Crippen molar-refractivity contribution in [2.24, 2.45) is 0 Å². The summed E-state index contributed by atoms with van der Waals surface area (Å²) in [5.41, 5.74) is 1.71. The van der Waals surface area contributed by atoms with Gasteiger partial charge >= 0.3 is 0 Å². The fourth-order valence-electron chi connectivity index (χ4n) is 5.64. The molecular formula is C35H34Cl3N3O4S. The highest BCUT2D eigenvalue weighted by atomic mass is 35.5. The number of sulfonamides is 1. The van der Waals surface area contributed by atoms with E-state index in [2.05, 4.69) is 5.32 Å². The lowest BCUT2D eigenvalue weighted by molar-refractivity contribution is -0.140. The lowest BCUT2D eigenvalue weighted by Gasteiger charge is -2.34. The van der Waals surface area contributed by atoms with E-state index in [1.165, 1.54) is 35.2 Å². The molecule has 1 fully saturated rings. The molecule has 0 radical (unpaired) electrons. The molecule has 2 amide bonds. The van der Waals surface area contributed by atoms with Crippen molar-refractivity contribution >= 4 is 62.3 Å². The van der Waals surface area contributed by atoms with Crippen molar-refractivity contribution in [2.75, 3.05) is 10.8 Å². The molecule has 4 aromatic rings. The molecule has 240 valence electrons. The molecule has 1 atom stereocenters. The summed E-state index contributed by atoms with van der Waals surface area (Å²) in [7, 11) is -4.25. The summed E-state index contributed by atoms with van der Waals surface area (Å²) in [5, 5.41) is 4.01. The Morgan fingerprint density at radius 2 is 1.43 bits per heavy atom. The van der Waals surface area contributed by atoms with Crippen LogP contribution < -0.4 is 9.62 Å². The summed E-state index contributed by atoms with van der Waals surface area (Å²) in [4.78, 5) is 30.1. The van der Waals surface area contributed by atoms with Crippen LogP contribution in [0.5, 0.6) is 0 Å². The van der Waals surface area contributed by atoms with Crippen molar-refractivity contribution in [1.29, 1.82) is 0 Å². The van der Waals surface area contributed by atoms with Gasteiger partial charge in [-0.3, -0.25) is 13.9 Å². The highest BCUT2D eigenvalue weighted by molar-refractivity contribution is 7.92. The summed E-state index contributed by atoms with van der Waals surface area (Å²) < 4.78 is 29.2. The van der Waals surface area contributed by atoms with E-state index in [0.29, 0.717) is 10.6 Å². The van der Waals surface area contributed by atoms with Crippen LogP contribution in [0, 0.1) is 0 Å². The van der Waals surface area contributed by atoms with Crippen molar-refractivity contribution in [2.45, 2.75) is 55.6 Å². The molecule has 1 N–H and O–H groups in total. The number of benzene rings is 4. The minimum Gasteiger partial charge on any atom is -0.352 e. The molecule has 1 aliphatic carbocycles. The maximum Gasteiger partial charge on any atom is 0.264 e. The third kappa shape index (κ3) is 8.42. The van der Waals surface area contributed by atoms with E-state index in [1.54, 1.807) is 36.4 Å². The number of halogens is 3. The number of carbonyl (C=O) groups excluding carboxylic acids is 2. The molecule has 0 bridgehead atoms. The normalized spacial score (nSPS) is 14.1. The van der Waals surface area contributed by atoms with Crippen LogP contribution in [0.3, 0.4) is 0 Å². The van der Waals surface area contributed by atoms with Gasteiger partial charge in [-0.2, -0.15) is 0 Å². The number of rotatable bonds is 12. The van der Waals surface area contributed by atoms with Crippen molar-refractivity contribution in [3.63, 3.8) is 0 Å². The Balaban J connectivity index is 1.57. The van der Waals surface area contributed by atoms with E-state index in [0.717, 1.165) is 35.6 Å². The highest BCUT2D eigenvalue weighted by Gasteiger charge is 2.35. The number of amides is 2. The Morgan fingerprint density at radius 1 is 0.783 bits per heavy atom. The topological polar surface area (TPSA) is 86.8 Å². The fraction of sp³-hybridized carbons (Fsp3) is 0.257. The molecule has 4 aromatic carbocycles. The largest absolute Gasteiger partial charge is 0.352 e. The smallest absolute Gasteiger partial charge is 0.264 e. The molecule has 0 unspecified atom stereocenters. The van der Waals surface area contributed by atoms with E-state index in [9.17, 15) is 18.0 Å². The van der Waals surface area contributed by atoms with Crippen LogP contribution in [0.1, 0.15) is 36.8 Å². The van der Waals surface area contributed by atoms with Gasteiger partial charge in [0, 0.05) is 24.0 Å². The molecule has 0 spiro atoms. The molecule has 5 rings (SSSR count). The zero-order chi connectivity index (χ0) is 32.7. The average Bonchev–Trinajstić information content (AvgIpc) is 3.56. The van der Waals surface area contributed by atoms with Gasteiger partial charge in [-0.1, -0.05) is 108 Å². The van der Waals surface area contributed by atoms with E-state index in [4.69, 9.17) is 34.8 Å². The summed E-state index contributed by atoms with van der Waals surface area (Å²) in [6.07, 6.45) is 4.01. The molecule has 46 heavy (non-hydrogen) atoms. The Bertz CT molecular complexity index is 1770. The number of nitrogens with one attached hydrogen (secondary N) is 1. The Kier molecular flexibility index (Phi) is 11.3. The lowest BCUT2D eigenvalue weighted by atomic mass is 10.0. The molecule has 0 aliphatic heterocycles. The molecule has 1 aliphatic rings. The first kappa shape index (κ1) is 33.8. The lowest BCUT2D eigenvalue weighted by Crippen LogP contribution is -2.54. The minimum absolute atomic E-state index is 0.00456. The number of anilines is 1. The van der Waals surface area contributed by atoms with Gasteiger partial charge in [0.05, 0.1) is 20.6 Å². The Morgan fingerprint density at radius 3 is 2.09 bits per heavy atom. The maximum absolute atomic E-state index is 14.6. The van der Waals surface area contributed by atoms with Gasteiger partial charge < -0.3 is 10.2 Å². The van der Waals surface area contributed by atoms with Crippen LogP contribution >= 0.6 is 34.8 Å². The fourth-order valence-corrected chi connectivity index (χ4v) is 7.57. The van der Waals surface area contributed by atoms with Crippen LogP contribution in [0.15, 0.2) is 108 Å². The maximum atomic E-state index is 14.6. The monoisotopic (exact) mass is 697 g/mol. The molecule has 0 aromatic heterocycles. The van der Waals surface area contributed by atoms with Gasteiger partial charge in [-0.25, -0.2) is 8.42 Å². The van der Waals surface area contributed by atoms with Gasteiger partial charge in [-0.05, 0) is 66.4 Å². The SMILES string of the molecule is O=C(NC1CCCC1)[C@@H](Cc1ccccc1)N(Cc1cccc(Cl)c1)C(=O)CN(c1ccc(Cl)c(Cl)c1)S(=O)(=O)c1ccccc1. The minimum atomic E-state index is -4.25. The first-order chi connectivity index (χ1) is 22.1. The summed E-state index contributed by atoms with van der Waals surface area (Å²) in [5.74, 6) is -0.869. The Hall–Kier alpha value is -3.56. The Labute approximate surface area is 285 Å². The van der Waals surface area contributed by atoms with Gasteiger partial charge in [0.1, 0.15) is 12.6 Å². The second kappa shape index (κ2) is 15.4. The number of carbonyl (C=O) groups is 2. The van der Waals surface area contributed by atoms with Crippen LogP contribution in [-0.2, 0) is 32.6 Å². The third-order valence-corrected chi connectivity index (χ3v) is 10.8. The second-order valence-corrected chi connectivity index (χ2v) is 14.4. The standard InChI is InChI=1S/C35H34Cl3N3O4S/c36-27-13-9-12-26(20-27)23-40(33(21-25-10-3-1-4-11-25)35(43)39-28-14-7-8-15-28)34(42)24-41(29-18-19-31(37)32(38)22-29)46(44,45)30-16-5-2-6-17-30/h1-6,9-13,16-20,22,28,33H,7-8,14-15,21,23-24H2,(H,39,43)/t33-/m1/s1. The number of hydrogen-bond donors (Lipinski definition) is 1. The highest BCUT2D eigenvalue weighted by Crippen LogP contribution is 2.31. The molecule has 11 heteroatoms. The number of nitrogens with zero attached hydrogens (tertiary/aromatic N) is 2. The van der Waals surface area contributed by atoms with Gasteiger partial charge in [0.15, 0.2) is 0 Å². The van der Waals surface area contributed by atoms with Crippen molar-refractivity contribution in [3.05, 3.63) is 129 Å². The first-order valence-corrected chi connectivity index (χ1v) is 17.6. The third-order valence-electron chi connectivity index (χ3n) is 8.02. The summed E-state index contributed by atoms with van der Waals surface area (Å²) in [6.45, 7) is -0.576. The summed E-state index contributed by atoms with van der Waals surface area (Å²) >= 11 is 18.8. The molecular weight excluding hydrogens is 665 g/mol. The predicted octanol–water partition coefficient (Wildman–Crippen LogP) is 7.54. The van der Waals surface area contributed by atoms with E-state index in [-0.39, 0.29) is 45.5 Å². The van der Waals surface area contributed by atoms with Crippen LogP contribution in [0.2, 0.25) is 15.1 Å². The molecule has 0 saturated heterocycles.